The van der Waals surface area contributed by atoms with Crippen LogP contribution in [0.25, 0.3) is 6.08 Å². The van der Waals surface area contributed by atoms with Gasteiger partial charge in [0.15, 0.2) is 0 Å². The molecule has 1 aliphatic heterocycles. The summed E-state index contributed by atoms with van der Waals surface area (Å²) in [5.41, 5.74) is 5.64. The Morgan fingerprint density at radius 3 is 2.62 bits per heavy atom. The molecule has 0 bridgehead atoms. The highest BCUT2D eigenvalue weighted by Gasteiger charge is 2.29. The fraction of sp³-hybridized carbons (Fsp3) is 0.353. The first-order valence-electron chi connectivity index (χ1n) is 14.7. The van der Waals surface area contributed by atoms with Crippen LogP contribution in [0, 0.1) is 5.92 Å². The van der Waals surface area contributed by atoms with Crippen molar-refractivity contribution in [1.82, 2.24) is 9.62 Å². The van der Waals surface area contributed by atoms with Crippen LogP contribution < -0.4 is 9.46 Å². The molecule has 1 aromatic heterocycles. The smallest absolute Gasteiger partial charge is 0.261 e. The zero-order valence-corrected chi connectivity index (χ0v) is 25.8. The van der Waals surface area contributed by atoms with Gasteiger partial charge in [-0.25, -0.2) is 8.42 Å². The number of nitrogens with one attached hydrogen (secondary N) is 1. The average molecular weight is 603 g/mol. The normalized spacial score (nSPS) is 20.6. The number of allylic oxidation sites excluding steroid dienone is 4. The third-order valence-corrected chi connectivity index (χ3v) is 11.3. The summed E-state index contributed by atoms with van der Waals surface area (Å²) in [6.45, 7) is 5.34. The molecule has 0 spiro atoms. The van der Waals surface area contributed by atoms with Crippen LogP contribution in [0.3, 0.4) is 0 Å². The van der Waals surface area contributed by atoms with E-state index < -0.39 is 10.0 Å². The first kappa shape index (κ1) is 28.8. The molecule has 220 valence electrons. The molecule has 1 fully saturated rings. The number of methoxy groups -OCH3 is 1. The van der Waals surface area contributed by atoms with Crippen LogP contribution in [0.5, 0.6) is 5.75 Å². The predicted molar refractivity (Wildman–Crippen MR) is 169 cm³/mol. The van der Waals surface area contributed by atoms with Gasteiger partial charge in [-0.1, -0.05) is 49.4 Å². The number of aliphatic hydroxyl groups excluding tert-OH is 1. The van der Waals surface area contributed by atoms with E-state index in [1.807, 2.05) is 18.2 Å². The Balaban J connectivity index is 1.27. The standard InChI is InChI=1S/C34H38N2O4S2/c1-23-18-26(35-42(38,39)28-8-4-3-5-9-28)12-14-29(23)34-31(30-15-13-27(37)21-33(30)41-34)19-24-10-11-25(32(20-24)40-2)22-36-16-6-7-17-36/h3-5,8-12,14,18,20-21,23,29,35,37H,6-7,13,15-17,19,22H2,1-2H3. The summed E-state index contributed by atoms with van der Waals surface area (Å²) in [6.07, 6.45) is 12.7. The Morgan fingerprint density at radius 1 is 1.10 bits per heavy atom. The minimum Gasteiger partial charge on any atom is -0.512 e. The van der Waals surface area contributed by atoms with Gasteiger partial charge in [0, 0.05) is 39.9 Å². The maximum Gasteiger partial charge on any atom is 0.261 e. The summed E-state index contributed by atoms with van der Waals surface area (Å²) in [7, 11) is -1.91. The van der Waals surface area contributed by atoms with E-state index in [0.29, 0.717) is 17.9 Å². The number of nitrogens with zero attached hydrogens (tertiary/aromatic N) is 1. The predicted octanol–water partition coefficient (Wildman–Crippen LogP) is 6.94. The van der Waals surface area contributed by atoms with Gasteiger partial charge < -0.3 is 9.84 Å². The summed E-state index contributed by atoms with van der Waals surface area (Å²) < 4.78 is 34.5. The topological polar surface area (TPSA) is 78.9 Å². The van der Waals surface area contributed by atoms with Crippen molar-refractivity contribution in [3.63, 3.8) is 0 Å². The molecule has 0 saturated carbocycles. The molecule has 0 radical (unpaired) electrons. The molecule has 2 heterocycles. The fourth-order valence-electron chi connectivity index (χ4n) is 6.32. The second kappa shape index (κ2) is 12.1. The number of rotatable bonds is 9. The van der Waals surface area contributed by atoms with Gasteiger partial charge in [0.2, 0.25) is 0 Å². The third-order valence-electron chi connectivity index (χ3n) is 8.53. The number of ether oxygens (including phenoxy) is 1. The number of hydrogen-bond acceptors (Lipinski definition) is 6. The summed E-state index contributed by atoms with van der Waals surface area (Å²) in [6, 6.07) is 15.1. The summed E-state index contributed by atoms with van der Waals surface area (Å²) in [5, 5.41) is 10.3. The van der Waals surface area contributed by atoms with Crippen LogP contribution >= 0.6 is 11.3 Å². The molecule has 1 saturated heterocycles. The maximum atomic E-state index is 12.9. The molecule has 6 nitrogen and oxygen atoms in total. The number of fused-ring (bicyclic) bond motifs is 1. The van der Waals surface area contributed by atoms with Gasteiger partial charge in [-0.2, -0.15) is 0 Å². The third kappa shape index (κ3) is 6.07. The quantitative estimate of drug-likeness (QED) is 0.277. The molecule has 2 aromatic carbocycles. The highest BCUT2D eigenvalue weighted by Crippen LogP contribution is 2.44. The molecule has 2 atom stereocenters. The minimum atomic E-state index is -3.66. The summed E-state index contributed by atoms with van der Waals surface area (Å²) >= 11 is 1.75. The SMILES string of the molecule is COc1cc(Cc2c(C3C=CC(NS(=O)(=O)c4ccccc4)=CC3C)sc3c2CCC(O)=C3)ccc1CN1CCCC1. The molecule has 42 heavy (non-hydrogen) atoms. The van der Waals surface area contributed by atoms with Gasteiger partial charge in [0.25, 0.3) is 10.0 Å². The number of thiophene rings is 1. The molecule has 2 unspecified atom stereocenters. The zero-order valence-electron chi connectivity index (χ0n) is 24.2. The lowest BCUT2D eigenvalue weighted by Gasteiger charge is -2.24. The maximum absolute atomic E-state index is 12.9. The number of sulfonamides is 1. The Labute approximate surface area is 253 Å². The van der Waals surface area contributed by atoms with Crippen molar-refractivity contribution in [2.24, 2.45) is 5.92 Å². The fourth-order valence-corrected chi connectivity index (χ4v) is 8.93. The summed E-state index contributed by atoms with van der Waals surface area (Å²) in [5.74, 6) is 1.55. The second-order valence-corrected chi connectivity index (χ2v) is 14.3. The molecule has 3 aromatic rings. The van der Waals surface area contributed by atoms with E-state index in [-0.39, 0.29) is 16.7 Å². The lowest BCUT2D eigenvalue weighted by Crippen LogP contribution is -2.25. The van der Waals surface area contributed by atoms with Crippen LogP contribution in [0.15, 0.2) is 83.1 Å². The van der Waals surface area contributed by atoms with Gasteiger partial charge >= 0.3 is 0 Å². The van der Waals surface area contributed by atoms with E-state index in [1.54, 1.807) is 48.8 Å². The van der Waals surface area contributed by atoms with Crippen molar-refractivity contribution < 1.29 is 18.3 Å². The molecule has 8 heteroatoms. The number of likely N-dealkylation sites (tertiary alicyclic amines) is 1. The highest BCUT2D eigenvalue weighted by molar-refractivity contribution is 7.89. The van der Waals surface area contributed by atoms with Gasteiger partial charge in [0.05, 0.1) is 17.8 Å². The van der Waals surface area contributed by atoms with Crippen molar-refractivity contribution in [2.75, 3.05) is 20.2 Å². The van der Waals surface area contributed by atoms with E-state index in [1.165, 1.54) is 40.0 Å². The van der Waals surface area contributed by atoms with E-state index in [2.05, 4.69) is 40.8 Å². The van der Waals surface area contributed by atoms with Crippen LogP contribution in [0.4, 0.5) is 0 Å². The molecule has 2 N–H and O–H groups in total. The number of aliphatic hydroxyl groups is 1. The Bertz CT molecular complexity index is 1650. The van der Waals surface area contributed by atoms with E-state index in [9.17, 15) is 13.5 Å². The van der Waals surface area contributed by atoms with Crippen molar-refractivity contribution in [3.8, 4) is 5.75 Å². The monoisotopic (exact) mass is 602 g/mol. The van der Waals surface area contributed by atoms with Crippen LogP contribution in [0.1, 0.15) is 64.1 Å². The minimum absolute atomic E-state index is 0.0808. The van der Waals surface area contributed by atoms with Crippen LogP contribution in [0.2, 0.25) is 0 Å². The van der Waals surface area contributed by atoms with Crippen molar-refractivity contribution >= 4 is 27.4 Å². The molecule has 6 rings (SSSR count). The molecular formula is C34H38N2O4S2. The Hall–Kier alpha value is -3.33. The Morgan fingerprint density at radius 2 is 1.88 bits per heavy atom. The highest BCUT2D eigenvalue weighted by atomic mass is 32.2. The van der Waals surface area contributed by atoms with E-state index in [0.717, 1.165) is 43.1 Å². The zero-order chi connectivity index (χ0) is 29.3. The molecule has 0 amide bonds. The largest absolute Gasteiger partial charge is 0.512 e. The van der Waals surface area contributed by atoms with Crippen molar-refractivity contribution in [2.45, 2.75) is 56.4 Å². The van der Waals surface area contributed by atoms with Crippen molar-refractivity contribution in [3.05, 3.63) is 110 Å². The average Bonchev–Trinajstić information content (AvgIpc) is 3.62. The lowest BCUT2D eigenvalue weighted by molar-refractivity contribution is 0.321. The molecular weight excluding hydrogens is 565 g/mol. The first-order valence-corrected chi connectivity index (χ1v) is 17.0. The molecule has 2 aliphatic carbocycles. The summed E-state index contributed by atoms with van der Waals surface area (Å²) in [4.78, 5) is 5.13. The number of hydrogen-bond donors (Lipinski definition) is 2. The lowest BCUT2D eigenvalue weighted by atomic mass is 9.83. The van der Waals surface area contributed by atoms with Crippen LogP contribution in [-0.2, 0) is 29.4 Å². The van der Waals surface area contributed by atoms with E-state index >= 15 is 0 Å². The van der Waals surface area contributed by atoms with Gasteiger partial charge in [-0.3, -0.25) is 9.62 Å². The van der Waals surface area contributed by atoms with Gasteiger partial charge in [-0.15, -0.1) is 11.3 Å². The van der Waals surface area contributed by atoms with Crippen molar-refractivity contribution in [1.29, 1.82) is 0 Å². The Kier molecular flexibility index (Phi) is 8.30. The van der Waals surface area contributed by atoms with Gasteiger partial charge in [0.1, 0.15) is 5.75 Å². The first-order chi connectivity index (χ1) is 20.3. The second-order valence-electron chi connectivity index (χ2n) is 11.5. The van der Waals surface area contributed by atoms with Gasteiger partial charge in [-0.05, 0) is 91.7 Å². The van der Waals surface area contributed by atoms with E-state index in [4.69, 9.17) is 4.74 Å². The van der Waals surface area contributed by atoms with Crippen LogP contribution in [-0.4, -0.2) is 38.6 Å². The number of benzene rings is 2. The molecule has 3 aliphatic rings.